The number of rotatable bonds is 6. The van der Waals surface area contributed by atoms with Gasteiger partial charge in [0.15, 0.2) is 0 Å². The third kappa shape index (κ3) is 5.09. The number of halogens is 1. The predicted molar refractivity (Wildman–Crippen MR) is 113 cm³/mol. The van der Waals surface area contributed by atoms with Gasteiger partial charge >= 0.3 is 5.97 Å². The van der Waals surface area contributed by atoms with Gasteiger partial charge in [-0.3, -0.25) is 4.79 Å². The SMILES string of the molecule is O=C1CSc2ccc(C(=O)OCc3csc(COc4ccc(Cl)cc4)n3)cc2N1. The van der Waals surface area contributed by atoms with Crippen LogP contribution >= 0.6 is 34.7 Å². The van der Waals surface area contributed by atoms with Gasteiger partial charge < -0.3 is 14.8 Å². The summed E-state index contributed by atoms with van der Waals surface area (Å²) in [4.78, 5) is 29.2. The van der Waals surface area contributed by atoms with Gasteiger partial charge in [0.1, 0.15) is 24.0 Å². The molecule has 4 rings (SSSR count). The van der Waals surface area contributed by atoms with Gasteiger partial charge in [-0.2, -0.15) is 0 Å². The third-order valence-electron chi connectivity index (χ3n) is 3.97. The number of fused-ring (bicyclic) bond motifs is 1. The van der Waals surface area contributed by atoms with E-state index in [1.807, 2.05) is 11.4 Å². The molecule has 0 aliphatic carbocycles. The van der Waals surface area contributed by atoms with E-state index in [4.69, 9.17) is 21.1 Å². The van der Waals surface area contributed by atoms with E-state index in [9.17, 15) is 9.59 Å². The first-order valence-electron chi connectivity index (χ1n) is 8.62. The molecule has 148 valence electrons. The Morgan fingerprint density at radius 2 is 2.00 bits per heavy atom. The molecular weight excluding hydrogens is 432 g/mol. The number of thiazole rings is 1. The van der Waals surface area contributed by atoms with Crippen molar-refractivity contribution in [2.45, 2.75) is 18.1 Å². The lowest BCUT2D eigenvalue weighted by molar-refractivity contribution is -0.113. The molecule has 0 saturated heterocycles. The quantitative estimate of drug-likeness (QED) is 0.549. The Labute approximate surface area is 180 Å². The molecule has 0 radical (unpaired) electrons. The van der Waals surface area contributed by atoms with E-state index in [2.05, 4.69) is 10.3 Å². The monoisotopic (exact) mass is 446 g/mol. The highest BCUT2D eigenvalue weighted by Gasteiger charge is 2.18. The number of nitrogens with zero attached hydrogens (tertiary/aromatic N) is 1. The Morgan fingerprint density at radius 3 is 2.83 bits per heavy atom. The number of carbonyl (C=O) groups is 2. The summed E-state index contributed by atoms with van der Waals surface area (Å²) in [6.07, 6.45) is 0. The number of benzene rings is 2. The van der Waals surface area contributed by atoms with Crippen molar-refractivity contribution >= 4 is 52.3 Å². The second-order valence-electron chi connectivity index (χ2n) is 6.10. The number of amides is 1. The Morgan fingerprint density at radius 1 is 1.17 bits per heavy atom. The van der Waals surface area contributed by atoms with Crippen molar-refractivity contribution in [2.24, 2.45) is 0 Å². The number of thioether (sulfide) groups is 1. The van der Waals surface area contributed by atoms with Gasteiger partial charge in [-0.05, 0) is 42.5 Å². The summed E-state index contributed by atoms with van der Waals surface area (Å²) in [6, 6.07) is 12.2. The molecule has 1 N–H and O–H groups in total. The lowest BCUT2D eigenvalue weighted by atomic mass is 10.2. The molecular formula is C20H15ClN2O4S2. The van der Waals surface area contributed by atoms with E-state index in [0.29, 0.717) is 40.1 Å². The van der Waals surface area contributed by atoms with Crippen LogP contribution in [-0.4, -0.2) is 22.6 Å². The molecule has 0 saturated carbocycles. The summed E-state index contributed by atoms with van der Waals surface area (Å²) < 4.78 is 11.0. The van der Waals surface area contributed by atoms with Crippen molar-refractivity contribution in [2.75, 3.05) is 11.1 Å². The Hall–Kier alpha value is -2.55. The number of aromatic nitrogens is 1. The molecule has 29 heavy (non-hydrogen) atoms. The predicted octanol–water partition coefficient (Wildman–Crippen LogP) is 4.78. The Bertz CT molecular complexity index is 1050. The van der Waals surface area contributed by atoms with Crippen molar-refractivity contribution in [1.29, 1.82) is 0 Å². The van der Waals surface area contributed by atoms with Crippen molar-refractivity contribution < 1.29 is 19.1 Å². The second kappa shape index (κ2) is 8.86. The molecule has 0 fully saturated rings. The number of anilines is 1. The Balaban J connectivity index is 1.31. The average molecular weight is 447 g/mol. The van der Waals surface area contributed by atoms with Gasteiger partial charge in [0.2, 0.25) is 5.91 Å². The highest BCUT2D eigenvalue weighted by atomic mass is 35.5. The molecule has 0 spiro atoms. The lowest BCUT2D eigenvalue weighted by Crippen LogP contribution is -2.19. The number of ether oxygens (including phenoxy) is 2. The topological polar surface area (TPSA) is 77.5 Å². The van der Waals surface area contributed by atoms with Crippen LogP contribution in [0.2, 0.25) is 5.02 Å². The zero-order chi connectivity index (χ0) is 20.2. The van der Waals surface area contributed by atoms with Crippen molar-refractivity contribution in [3.8, 4) is 5.75 Å². The summed E-state index contributed by atoms with van der Waals surface area (Å²) in [5, 5.41) is 6.02. The first-order valence-corrected chi connectivity index (χ1v) is 10.9. The van der Waals surface area contributed by atoms with Crippen molar-refractivity contribution in [3.05, 3.63) is 69.1 Å². The number of carbonyl (C=O) groups excluding carboxylic acids is 2. The maximum absolute atomic E-state index is 12.3. The molecule has 0 atom stereocenters. The zero-order valence-corrected chi connectivity index (χ0v) is 17.4. The highest BCUT2D eigenvalue weighted by Crippen LogP contribution is 2.32. The fourth-order valence-corrected chi connectivity index (χ4v) is 4.19. The molecule has 3 aromatic rings. The first-order chi connectivity index (χ1) is 14.1. The van der Waals surface area contributed by atoms with Gasteiger partial charge in [0.25, 0.3) is 0 Å². The maximum atomic E-state index is 12.3. The van der Waals surface area contributed by atoms with Crippen LogP contribution in [0.15, 0.2) is 52.7 Å². The fourth-order valence-electron chi connectivity index (χ4n) is 2.59. The van der Waals surface area contributed by atoms with E-state index in [1.54, 1.807) is 36.4 Å². The summed E-state index contributed by atoms with van der Waals surface area (Å²) in [5.74, 6) is 0.536. The minimum absolute atomic E-state index is 0.0640. The third-order valence-corrected chi connectivity index (χ3v) is 6.17. The molecule has 9 heteroatoms. The molecule has 1 amide bonds. The zero-order valence-electron chi connectivity index (χ0n) is 15.0. The summed E-state index contributed by atoms with van der Waals surface area (Å²) in [6.45, 7) is 0.386. The molecule has 2 heterocycles. The molecule has 1 aromatic heterocycles. The molecule has 1 aliphatic rings. The van der Waals surface area contributed by atoms with E-state index < -0.39 is 5.97 Å². The lowest BCUT2D eigenvalue weighted by Gasteiger charge is -2.16. The number of esters is 1. The standard InChI is InChI=1S/C20H15ClN2O4S2/c21-13-2-4-15(5-3-13)26-9-19-22-14(10-29-19)8-27-20(25)12-1-6-17-16(7-12)23-18(24)11-28-17/h1-7,10H,8-9,11H2,(H,23,24). The van der Waals surface area contributed by atoms with Crippen LogP contribution in [0.1, 0.15) is 21.1 Å². The largest absolute Gasteiger partial charge is 0.486 e. The van der Waals surface area contributed by atoms with E-state index in [1.165, 1.54) is 23.1 Å². The van der Waals surface area contributed by atoms with Crippen molar-refractivity contribution in [1.82, 2.24) is 4.98 Å². The van der Waals surface area contributed by atoms with Gasteiger partial charge in [-0.1, -0.05) is 11.6 Å². The summed E-state index contributed by atoms with van der Waals surface area (Å²) >= 11 is 8.73. The maximum Gasteiger partial charge on any atom is 0.338 e. The highest BCUT2D eigenvalue weighted by molar-refractivity contribution is 8.00. The molecule has 1 aliphatic heterocycles. The summed E-state index contributed by atoms with van der Waals surface area (Å²) in [5.41, 5.74) is 1.67. The van der Waals surface area contributed by atoms with Gasteiger partial charge in [-0.15, -0.1) is 23.1 Å². The summed E-state index contributed by atoms with van der Waals surface area (Å²) in [7, 11) is 0. The first kappa shape index (κ1) is 19.8. The minimum atomic E-state index is -0.468. The fraction of sp³-hybridized carbons (Fsp3) is 0.150. The van der Waals surface area contributed by atoms with Crippen LogP contribution in [-0.2, 0) is 22.7 Å². The molecule has 2 aromatic carbocycles. The van der Waals surface area contributed by atoms with Gasteiger partial charge in [-0.25, -0.2) is 9.78 Å². The number of hydrogen-bond acceptors (Lipinski definition) is 7. The van der Waals surface area contributed by atoms with Crippen LogP contribution in [0.25, 0.3) is 0 Å². The van der Waals surface area contributed by atoms with E-state index >= 15 is 0 Å². The Kier molecular flexibility index (Phi) is 6.03. The second-order valence-corrected chi connectivity index (χ2v) is 8.50. The number of hydrogen-bond donors (Lipinski definition) is 1. The minimum Gasteiger partial charge on any atom is -0.486 e. The van der Waals surface area contributed by atoms with Crippen molar-refractivity contribution in [3.63, 3.8) is 0 Å². The van der Waals surface area contributed by atoms with Crippen LogP contribution in [0, 0.1) is 0 Å². The number of nitrogens with one attached hydrogen (secondary N) is 1. The smallest absolute Gasteiger partial charge is 0.338 e. The van der Waals surface area contributed by atoms with E-state index in [0.717, 1.165) is 9.90 Å². The van der Waals surface area contributed by atoms with Crippen LogP contribution in [0.4, 0.5) is 5.69 Å². The van der Waals surface area contributed by atoms with Crippen LogP contribution in [0.3, 0.4) is 0 Å². The molecule has 0 bridgehead atoms. The van der Waals surface area contributed by atoms with Gasteiger partial charge in [0, 0.05) is 15.3 Å². The average Bonchev–Trinajstić information content (AvgIpc) is 3.19. The molecule has 0 unspecified atom stereocenters. The van der Waals surface area contributed by atoms with Crippen LogP contribution < -0.4 is 10.1 Å². The normalized spacial score (nSPS) is 12.8. The molecule has 6 nitrogen and oxygen atoms in total. The van der Waals surface area contributed by atoms with Gasteiger partial charge in [0.05, 0.1) is 22.7 Å². The van der Waals surface area contributed by atoms with Crippen LogP contribution in [0.5, 0.6) is 5.75 Å². The van der Waals surface area contributed by atoms with E-state index in [-0.39, 0.29) is 12.5 Å².